The summed E-state index contributed by atoms with van der Waals surface area (Å²) in [4.78, 5) is 12.4. The summed E-state index contributed by atoms with van der Waals surface area (Å²) >= 11 is 0. The number of rotatable bonds is 18. The standard InChI is InChI=1S/C20H40O5/c1-4-7-9-18(6-3)17-19(10-8-5-2)20(22)25-16-15-24-14-13-23-12-11-21/h18-19,21H,4-17H2,1-3H3. The van der Waals surface area contributed by atoms with Gasteiger partial charge in [-0.25, -0.2) is 0 Å². The molecule has 0 aliphatic heterocycles. The van der Waals surface area contributed by atoms with Gasteiger partial charge in [-0.15, -0.1) is 0 Å². The first-order chi connectivity index (χ1) is 12.2. The summed E-state index contributed by atoms with van der Waals surface area (Å²) in [5.41, 5.74) is 0. The van der Waals surface area contributed by atoms with Crippen LogP contribution in [0.25, 0.3) is 0 Å². The molecule has 0 aromatic carbocycles. The molecule has 2 atom stereocenters. The summed E-state index contributed by atoms with van der Waals surface area (Å²) in [5.74, 6) is 0.576. The fourth-order valence-corrected chi connectivity index (χ4v) is 2.87. The van der Waals surface area contributed by atoms with Crippen molar-refractivity contribution in [2.24, 2.45) is 11.8 Å². The van der Waals surface area contributed by atoms with Gasteiger partial charge in [-0.2, -0.15) is 0 Å². The van der Waals surface area contributed by atoms with Crippen LogP contribution in [0.15, 0.2) is 0 Å². The Labute approximate surface area is 154 Å². The summed E-state index contributed by atoms with van der Waals surface area (Å²) in [6.45, 7) is 8.52. The second-order valence-corrected chi connectivity index (χ2v) is 6.61. The van der Waals surface area contributed by atoms with Crippen LogP contribution in [0.4, 0.5) is 0 Å². The van der Waals surface area contributed by atoms with Gasteiger partial charge in [0.05, 0.1) is 39.0 Å². The van der Waals surface area contributed by atoms with Crippen LogP contribution in [0.5, 0.6) is 0 Å². The minimum Gasteiger partial charge on any atom is -0.463 e. The number of carbonyl (C=O) groups is 1. The number of esters is 1. The Kier molecular flexibility index (Phi) is 17.7. The number of aliphatic hydroxyl groups excluding tert-OH is 1. The van der Waals surface area contributed by atoms with Crippen molar-refractivity contribution >= 4 is 5.97 Å². The second kappa shape index (κ2) is 18.2. The maximum Gasteiger partial charge on any atom is 0.309 e. The van der Waals surface area contributed by atoms with Gasteiger partial charge in [-0.3, -0.25) is 4.79 Å². The molecule has 1 N–H and O–H groups in total. The minimum atomic E-state index is -0.0662. The van der Waals surface area contributed by atoms with Gasteiger partial charge in [0.25, 0.3) is 0 Å². The first kappa shape index (κ1) is 24.4. The maximum atomic E-state index is 12.4. The van der Waals surface area contributed by atoms with Crippen molar-refractivity contribution in [1.29, 1.82) is 0 Å². The predicted octanol–water partition coefficient (Wildman–Crippen LogP) is 3.97. The molecule has 0 aromatic rings. The lowest BCUT2D eigenvalue weighted by atomic mass is 9.86. The van der Waals surface area contributed by atoms with E-state index in [1.54, 1.807) is 0 Å². The summed E-state index contributed by atoms with van der Waals surface area (Å²) in [6.07, 6.45) is 8.83. The van der Waals surface area contributed by atoms with Crippen molar-refractivity contribution in [2.45, 2.75) is 72.1 Å². The van der Waals surface area contributed by atoms with E-state index in [9.17, 15) is 4.79 Å². The molecule has 0 fully saturated rings. The molecule has 0 bridgehead atoms. The third-order valence-corrected chi connectivity index (χ3v) is 4.48. The van der Waals surface area contributed by atoms with Crippen molar-refractivity contribution in [3.05, 3.63) is 0 Å². The van der Waals surface area contributed by atoms with Gasteiger partial charge in [-0.1, -0.05) is 59.3 Å². The Morgan fingerprint density at radius 3 is 2.08 bits per heavy atom. The number of unbranched alkanes of at least 4 members (excludes halogenated alkanes) is 2. The third kappa shape index (κ3) is 14.2. The number of hydrogen-bond acceptors (Lipinski definition) is 5. The van der Waals surface area contributed by atoms with Gasteiger partial charge in [0, 0.05) is 0 Å². The van der Waals surface area contributed by atoms with Crippen LogP contribution < -0.4 is 0 Å². The lowest BCUT2D eigenvalue weighted by molar-refractivity contribution is -0.151. The highest BCUT2D eigenvalue weighted by molar-refractivity contribution is 5.72. The van der Waals surface area contributed by atoms with Crippen LogP contribution in [0.1, 0.15) is 72.1 Å². The molecule has 5 heteroatoms. The normalized spacial score (nSPS) is 13.6. The van der Waals surface area contributed by atoms with Crippen LogP contribution in [0.2, 0.25) is 0 Å². The zero-order chi connectivity index (χ0) is 18.8. The van der Waals surface area contributed by atoms with Crippen LogP contribution >= 0.6 is 0 Å². The SMILES string of the molecule is CCCCC(CC)CC(CCCC)C(=O)OCCOCCOCCO. The quantitative estimate of drug-likeness (QED) is 0.296. The highest BCUT2D eigenvalue weighted by atomic mass is 16.6. The van der Waals surface area contributed by atoms with Crippen LogP contribution in [0, 0.1) is 11.8 Å². The minimum absolute atomic E-state index is 0.0216. The fourth-order valence-electron chi connectivity index (χ4n) is 2.87. The van der Waals surface area contributed by atoms with E-state index in [1.807, 2.05) is 0 Å². The molecule has 0 rings (SSSR count). The molecule has 0 aromatic heterocycles. The smallest absolute Gasteiger partial charge is 0.309 e. The monoisotopic (exact) mass is 360 g/mol. The van der Waals surface area contributed by atoms with Crippen molar-refractivity contribution in [2.75, 3.05) is 39.6 Å². The molecule has 0 heterocycles. The van der Waals surface area contributed by atoms with E-state index in [0.717, 1.165) is 32.1 Å². The van der Waals surface area contributed by atoms with Gasteiger partial charge >= 0.3 is 5.97 Å². The zero-order valence-electron chi connectivity index (χ0n) is 16.6. The molecular weight excluding hydrogens is 320 g/mol. The molecule has 2 unspecified atom stereocenters. The van der Waals surface area contributed by atoms with E-state index in [1.165, 1.54) is 19.3 Å². The Bertz CT molecular complexity index is 296. The van der Waals surface area contributed by atoms with Crippen molar-refractivity contribution in [3.8, 4) is 0 Å². The summed E-state index contributed by atoms with van der Waals surface area (Å²) in [5, 5.41) is 8.59. The average Bonchev–Trinajstić information content (AvgIpc) is 2.63. The van der Waals surface area contributed by atoms with E-state index < -0.39 is 0 Å². The molecule has 0 radical (unpaired) electrons. The van der Waals surface area contributed by atoms with E-state index >= 15 is 0 Å². The highest BCUT2D eigenvalue weighted by Gasteiger charge is 2.23. The number of aliphatic hydroxyl groups is 1. The predicted molar refractivity (Wildman–Crippen MR) is 101 cm³/mol. The van der Waals surface area contributed by atoms with Crippen LogP contribution in [0.3, 0.4) is 0 Å². The second-order valence-electron chi connectivity index (χ2n) is 6.61. The lowest BCUT2D eigenvalue weighted by Gasteiger charge is -2.21. The Morgan fingerprint density at radius 2 is 1.48 bits per heavy atom. The molecule has 0 aliphatic carbocycles. The molecule has 0 saturated heterocycles. The van der Waals surface area contributed by atoms with E-state index in [-0.39, 0.29) is 18.5 Å². The first-order valence-corrected chi connectivity index (χ1v) is 10.1. The van der Waals surface area contributed by atoms with Gasteiger partial charge < -0.3 is 19.3 Å². The molecule has 5 nitrogen and oxygen atoms in total. The van der Waals surface area contributed by atoms with Gasteiger partial charge in [-0.05, 0) is 18.8 Å². The van der Waals surface area contributed by atoms with Crippen molar-refractivity contribution in [3.63, 3.8) is 0 Å². The molecule has 25 heavy (non-hydrogen) atoms. The van der Waals surface area contributed by atoms with Gasteiger partial charge in [0.2, 0.25) is 0 Å². The zero-order valence-corrected chi connectivity index (χ0v) is 16.6. The fraction of sp³-hybridized carbons (Fsp3) is 0.950. The van der Waals surface area contributed by atoms with Crippen molar-refractivity contribution in [1.82, 2.24) is 0 Å². The summed E-state index contributed by atoms with van der Waals surface area (Å²) in [6, 6.07) is 0. The van der Waals surface area contributed by atoms with E-state index in [0.29, 0.717) is 39.0 Å². The molecule has 0 amide bonds. The maximum absolute atomic E-state index is 12.4. The molecule has 0 aliphatic rings. The molecular formula is C20H40O5. The van der Waals surface area contributed by atoms with Crippen LogP contribution in [-0.2, 0) is 19.0 Å². The van der Waals surface area contributed by atoms with Crippen LogP contribution in [-0.4, -0.2) is 50.7 Å². The Morgan fingerprint density at radius 1 is 0.880 bits per heavy atom. The highest BCUT2D eigenvalue weighted by Crippen LogP contribution is 2.26. The molecule has 150 valence electrons. The van der Waals surface area contributed by atoms with E-state index in [2.05, 4.69) is 20.8 Å². The number of hydrogen-bond donors (Lipinski definition) is 1. The van der Waals surface area contributed by atoms with Crippen molar-refractivity contribution < 1.29 is 24.1 Å². The largest absolute Gasteiger partial charge is 0.463 e. The van der Waals surface area contributed by atoms with Gasteiger partial charge in [0.1, 0.15) is 6.61 Å². The number of carbonyl (C=O) groups excluding carboxylic acids is 1. The summed E-state index contributed by atoms with van der Waals surface area (Å²) < 4.78 is 15.9. The van der Waals surface area contributed by atoms with E-state index in [4.69, 9.17) is 19.3 Å². The Balaban J connectivity index is 4.08. The summed E-state index contributed by atoms with van der Waals surface area (Å²) in [7, 11) is 0. The molecule has 0 saturated carbocycles. The molecule has 0 spiro atoms. The van der Waals surface area contributed by atoms with Gasteiger partial charge in [0.15, 0.2) is 0 Å². The topological polar surface area (TPSA) is 65.0 Å². The first-order valence-electron chi connectivity index (χ1n) is 10.1. The number of ether oxygens (including phenoxy) is 3. The lowest BCUT2D eigenvalue weighted by Crippen LogP contribution is -2.23. The third-order valence-electron chi connectivity index (χ3n) is 4.48. The Hall–Kier alpha value is -0.650. The average molecular weight is 361 g/mol.